The molecule has 3 rings (SSSR count). The first-order valence-corrected chi connectivity index (χ1v) is 9.15. The molecule has 27 heavy (non-hydrogen) atoms. The number of carbonyl (C=O) groups is 2. The zero-order valence-corrected chi connectivity index (χ0v) is 16.1. The third kappa shape index (κ3) is 3.90. The van der Waals surface area contributed by atoms with Crippen LogP contribution in [0.5, 0.6) is 0 Å². The first kappa shape index (κ1) is 18.8. The van der Waals surface area contributed by atoms with Gasteiger partial charge in [-0.05, 0) is 39.0 Å². The molecule has 7 nitrogen and oxygen atoms in total. The molecule has 3 aromatic rings. The fourth-order valence-electron chi connectivity index (χ4n) is 2.55. The Morgan fingerprint density at radius 1 is 1.41 bits per heavy atom. The van der Waals surface area contributed by atoms with Gasteiger partial charge in [-0.1, -0.05) is 11.2 Å². The van der Waals surface area contributed by atoms with Crippen LogP contribution in [0.15, 0.2) is 35.4 Å². The zero-order valence-electron chi connectivity index (χ0n) is 15.2. The minimum absolute atomic E-state index is 0.256. The largest absolute Gasteiger partial charge is 0.449 e. The molecule has 0 radical (unpaired) electrons. The Hall–Kier alpha value is -3.00. The molecular formula is C19H19N3O4S. The van der Waals surface area contributed by atoms with Crippen LogP contribution < -0.4 is 5.32 Å². The van der Waals surface area contributed by atoms with Gasteiger partial charge < -0.3 is 14.6 Å². The van der Waals surface area contributed by atoms with E-state index < -0.39 is 18.0 Å². The number of ether oxygens (including phenoxy) is 1. The monoisotopic (exact) mass is 385 g/mol. The van der Waals surface area contributed by atoms with Crippen LogP contribution in [0.3, 0.4) is 0 Å². The number of rotatable bonds is 6. The molecule has 0 unspecified atom stereocenters. The maximum absolute atomic E-state index is 12.8. The van der Waals surface area contributed by atoms with Gasteiger partial charge in [-0.3, -0.25) is 4.79 Å². The lowest BCUT2D eigenvalue weighted by Crippen LogP contribution is -2.35. The number of aromatic nitrogens is 2. The van der Waals surface area contributed by atoms with E-state index in [2.05, 4.69) is 22.0 Å². The number of hydrogen-bond donors (Lipinski definition) is 1. The van der Waals surface area contributed by atoms with Crippen molar-refractivity contribution in [2.45, 2.75) is 26.9 Å². The molecule has 0 aromatic carbocycles. The fourth-order valence-corrected chi connectivity index (χ4v) is 3.38. The molecule has 1 N–H and O–H groups in total. The van der Waals surface area contributed by atoms with E-state index in [1.807, 2.05) is 19.1 Å². The molecule has 0 saturated heterocycles. The average Bonchev–Trinajstić information content (AvgIpc) is 3.24. The summed E-state index contributed by atoms with van der Waals surface area (Å²) in [6, 6.07) is 5.55. The second-order valence-electron chi connectivity index (χ2n) is 5.99. The van der Waals surface area contributed by atoms with Gasteiger partial charge in [0.05, 0.1) is 27.2 Å². The first-order valence-electron chi connectivity index (χ1n) is 8.34. The summed E-state index contributed by atoms with van der Waals surface area (Å²) in [6.45, 7) is 9.06. The minimum Gasteiger partial charge on any atom is -0.449 e. The summed E-state index contributed by atoms with van der Waals surface area (Å²) in [5.41, 5.74) is 1.64. The lowest BCUT2D eigenvalue weighted by Gasteiger charge is -2.13. The molecule has 0 aliphatic rings. The SMILES string of the molecule is C=CCNC(=O)[C@H](C)OC(=O)c1cc(-c2ccc(C)s2)nc2onc(C)c12. The second-order valence-corrected chi connectivity index (χ2v) is 7.28. The number of hydrogen-bond acceptors (Lipinski definition) is 7. The molecule has 0 spiro atoms. The number of aryl methyl sites for hydroxylation is 2. The summed E-state index contributed by atoms with van der Waals surface area (Å²) in [4.78, 5) is 31.2. The molecule has 0 bridgehead atoms. The van der Waals surface area contributed by atoms with Crippen LogP contribution in [-0.4, -0.2) is 34.7 Å². The summed E-state index contributed by atoms with van der Waals surface area (Å²) in [5, 5.41) is 6.98. The molecule has 1 amide bonds. The van der Waals surface area contributed by atoms with E-state index in [1.54, 1.807) is 30.4 Å². The van der Waals surface area contributed by atoms with Crippen molar-refractivity contribution in [1.29, 1.82) is 0 Å². The van der Waals surface area contributed by atoms with E-state index in [9.17, 15) is 9.59 Å². The summed E-state index contributed by atoms with van der Waals surface area (Å²) >= 11 is 1.55. The smallest absolute Gasteiger partial charge is 0.339 e. The van der Waals surface area contributed by atoms with E-state index in [-0.39, 0.29) is 11.3 Å². The van der Waals surface area contributed by atoms with E-state index >= 15 is 0 Å². The van der Waals surface area contributed by atoms with Crippen molar-refractivity contribution in [2.75, 3.05) is 6.54 Å². The van der Waals surface area contributed by atoms with Crippen molar-refractivity contribution >= 4 is 34.3 Å². The van der Waals surface area contributed by atoms with E-state index in [0.717, 1.165) is 9.75 Å². The highest BCUT2D eigenvalue weighted by Crippen LogP contribution is 2.31. The molecule has 0 aliphatic carbocycles. The topological polar surface area (TPSA) is 94.3 Å². The van der Waals surface area contributed by atoms with Crippen molar-refractivity contribution in [3.8, 4) is 10.6 Å². The van der Waals surface area contributed by atoms with Crippen molar-refractivity contribution in [3.05, 3.63) is 47.0 Å². The summed E-state index contributed by atoms with van der Waals surface area (Å²) in [6.07, 6.45) is 0.600. The molecule has 8 heteroatoms. The van der Waals surface area contributed by atoms with Crippen LogP contribution in [0.25, 0.3) is 21.7 Å². The van der Waals surface area contributed by atoms with Gasteiger partial charge in [-0.15, -0.1) is 17.9 Å². The molecule has 1 atom stereocenters. The molecular weight excluding hydrogens is 366 g/mol. The highest BCUT2D eigenvalue weighted by molar-refractivity contribution is 7.15. The van der Waals surface area contributed by atoms with Crippen LogP contribution in [0.4, 0.5) is 0 Å². The highest BCUT2D eigenvalue weighted by Gasteiger charge is 2.24. The molecule has 140 valence electrons. The van der Waals surface area contributed by atoms with Crippen LogP contribution >= 0.6 is 11.3 Å². The number of esters is 1. The standard InChI is InChI=1S/C19H19N3O4S/c1-5-8-20-17(23)12(4)25-19(24)13-9-14(15-7-6-10(2)27-15)21-18-16(13)11(3)22-26-18/h5-7,9,12H,1,8H2,2-4H3,(H,20,23)/t12-/m0/s1. The number of thiophene rings is 1. The van der Waals surface area contributed by atoms with E-state index in [0.29, 0.717) is 23.3 Å². The van der Waals surface area contributed by atoms with Crippen molar-refractivity contribution in [1.82, 2.24) is 15.5 Å². The Morgan fingerprint density at radius 3 is 2.85 bits per heavy atom. The van der Waals surface area contributed by atoms with Crippen LogP contribution in [0, 0.1) is 13.8 Å². The number of carbonyl (C=O) groups excluding carboxylic acids is 2. The Balaban J connectivity index is 1.96. The molecule has 0 saturated carbocycles. The number of amides is 1. The zero-order chi connectivity index (χ0) is 19.6. The maximum Gasteiger partial charge on any atom is 0.339 e. The molecule has 3 heterocycles. The highest BCUT2D eigenvalue weighted by atomic mass is 32.1. The predicted octanol–water partition coefficient (Wildman–Crippen LogP) is 3.42. The lowest BCUT2D eigenvalue weighted by molar-refractivity contribution is -0.128. The number of nitrogens with one attached hydrogen (secondary N) is 1. The van der Waals surface area contributed by atoms with Crippen LogP contribution in [0.1, 0.15) is 27.9 Å². The van der Waals surface area contributed by atoms with Gasteiger partial charge in [0.25, 0.3) is 11.6 Å². The van der Waals surface area contributed by atoms with Crippen molar-refractivity contribution in [3.63, 3.8) is 0 Å². The molecule has 3 aromatic heterocycles. The van der Waals surface area contributed by atoms with E-state index in [4.69, 9.17) is 9.26 Å². The molecule has 0 fully saturated rings. The first-order chi connectivity index (χ1) is 12.9. The van der Waals surface area contributed by atoms with Gasteiger partial charge in [0.15, 0.2) is 6.10 Å². The number of nitrogens with zero attached hydrogens (tertiary/aromatic N) is 2. The van der Waals surface area contributed by atoms with Gasteiger partial charge in [-0.2, -0.15) is 0 Å². The number of pyridine rings is 1. The van der Waals surface area contributed by atoms with Crippen LogP contribution in [-0.2, 0) is 9.53 Å². The van der Waals surface area contributed by atoms with Gasteiger partial charge >= 0.3 is 5.97 Å². The van der Waals surface area contributed by atoms with Crippen LogP contribution in [0.2, 0.25) is 0 Å². The third-order valence-electron chi connectivity index (χ3n) is 3.90. The maximum atomic E-state index is 12.8. The van der Waals surface area contributed by atoms with Crippen molar-refractivity contribution < 1.29 is 18.8 Å². The quantitative estimate of drug-likeness (QED) is 0.516. The normalized spacial score (nSPS) is 12.0. The predicted molar refractivity (Wildman–Crippen MR) is 103 cm³/mol. The average molecular weight is 385 g/mol. The van der Waals surface area contributed by atoms with Gasteiger partial charge in [0, 0.05) is 11.4 Å². The molecule has 0 aliphatic heterocycles. The summed E-state index contributed by atoms with van der Waals surface area (Å²) < 4.78 is 10.6. The van der Waals surface area contributed by atoms with Gasteiger partial charge in [0.2, 0.25) is 0 Å². The Labute approximate surface area is 160 Å². The number of fused-ring (bicyclic) bond motifs is 1. The van der Waals surface area contributed by atoms with Crippen molar-refractivity contribution in [2.24, 2.45) is 0 Å². The third-order valence-corrected chi connectivity index (χ3v) is 4.93. The van der Waals surface area contributed by atoms with Gasteiger partial charge in [0.1, 0.15) is 0 Å². The minimum atomic E-state index is -0.951. The van der Waals surface area contributed by atoms with Gasteiger partial charge in [-0.25, -0.2) is 9.78 Å². The summed E-state index contributed by atoms with van der Waals surface area (Å²) in [7, 11) is 0. The summed E-state index contributed by atoms with van der Waals surface area (Å²) in [5.74, 6) is -1.03. The second kappa shape index (κ2) is 7.71. The Bertz CT molecular complexity index is 1020. The lowest BCUT2D eigenvalue weighted by atomic mass is 10.1. The van der Waals surface area contributed by atoms with E-state index in [1.165, 1.54) is 6.92 Å². The Morgan fingerprint density at radius 2 is 2.19 bits per heavy atom. The fraction of sp³-hybridized carbons (Fsp3) is 0.263. The Kier molecular flexibility index (Phi) is 5.36.